The van der Waals surface area contributed by atoms with Crippen LogP contribution in [0.1, 0.15) is 50.6 Å². The normalized spacial score (nSPS) is 13.6. The topological polar surface area (TPSA) is 128 Å². The molecule has 4 N–H and O–H groups in total. The molecule has 3 amide bonds. The number of aromatic amines is 1. The van der Waals surface area contributed by atoms with Gasteiger partial charge >= 0.3 is 0 Å². The smallest absolute Gasteiger partial charge is 0.276 e. The highest BCUT2D eigenvalue weighted by atomic mass is 35.5. The Kier molecular flexibility index (Phi) is 8.93. The molecule has 38 heavy (non-hydrogen) atoms. The summed E-state index contributed by atoms with van der Waals surface area (Å²) in [7, 11) is 1.40. The number of anilines is 2. The van der Waals surface area contributed by atoms with Gasteiger partial charge in [-0.3, -0.25) is 14.4 Å². The third-order valence-corrected chi connectivity index (χ3v) is 6.44. The number of nitrogens with zero attached hydrogens (tertiary/aromatic N) is 2. The second-order valence-electron chi connectivity index (χ2n) is 8.73. The van der Waals surface area contributed by atoms with Crippen molar-refractivity contribution in [3.63, 3.8) is 0 Å². The highest BCUT2D eigenvalue weighted by molar-refractivity contribution is 6.34. The summed E-state index contributed by atoms with van der Waals surface area (Å²) in [5, 5.41) is 8.14. The lowest BCUT2D eigenvalue weighted by molar-refractivity contribution is 0.0929. The van der Waals surface area contributed by atoms with Gasteiger partial charge in [0.2, 0.25) is 0 Å². The minimum Gasteiger partial charge on any atom is -0.494 e. The van der Waals surface area contributed by atoms with Crippen molar-refractivity contribution < 1.29 is 23.5 Å². The van der Waals surface area contributed by atoms with E-state index in [0.717, 1.165) is 31.8 Å². The summed E-state index contributed by atoms with van der Waals surface area (Å²) in [5.41, 5.74) is 0.761. The van der Waals surface area contributed by atoms with Gasteiger partial charge in [-0.05, 0) is 56.3 Å². The highest BCUT2D eigenvalue weighted by Crippen LogP contribution is 2.29. The predicted molar refractivity (Wildman–Crippen MR) is 142 cm³/mol. The number of carbonyl (C=O) groups excluding carboxylic acids is 3. The fourth-order valence-electron chi connectivity index (χ4n) is 4.16. The van der Waals surface area contributed by atoms with Crippen molar-refractivity contribution in [3.05, 3.63) is 70.5 Å². The molecule has 0 bridgehead atoms. The van der Waals surface area contributed by atoms with Gasteiger partial charge in [0.05, 0.1) is 29.7 Å². The van der Waals surface area contributed by atoms with Gasteiger partial charge in [-0.1, -0.05) is 18.0 Å². The Labute approximate surface area is 223 Å². The highest BCUT2D eigenvalue weighted by Gasteiger charge is 2.21. The molecule has 12 heteroatoms. The zero-order valence-electron chi connectivity index (χ0n) is 20.8. The number of carbonyl (C=O) groups is 3. The molecule has 3 aromatic rings. The molecular weight excluding hydrogens is 515 g/mol. The molecule has 200 valence electrons. The monoisotopic (exact) mass is 542 g/mol. The Hall–Kier alpha value is -3.96. The van der Waals surface area contributed by atoms with Gasteiger partial charge < -0.3 is 30.6 Å². The molecule has 10 nitrogen and oxygen atoms in total. The van der Waals surface area contributed by atoms with Gasteiger partial charge in [-0.2, -0.15) is 0 Å². The number of aromatic nitrogens is 2. The van der Waals surface area contributed by atoms with E-state index >= 15 is 0 Å². The van der Waals surface area contributed by atoms with Crippen molar-refractivity contribution in [1.82, 2.24) is 20.2 Å². The van der Waals surface area contributed by atoms with E-state index in [1.807, 2.05) is 0 Å². The maximum absolute atomic E-state index is 13.3. The van der Waals surface area contributed by atoms with E-state index in [2.05, 4.69) is 30.8 Å². The number of amides is 3. The van der Waals surface area contributed by atoms with Crippen molar-refractivity contribution >= 4 is 40.7 Å². The summed E-state index contributed by atoms with van der Waals surface area (Å²) in [4.78, 5) is 47.2. The summed E-state index contributed by atoms with van der Waals surface area (Å²) >= 11 is 5.98. The Morgan fingerprint density at radius 2 is 1.84 bits per heavy atom. The van der Waals surface area contributed by atoms with Crippen LogP contribution >= 0.6 is 11.6 Å². The minimum absolute atomic E-state index is 0.0318. The van der Waals surface area contributed by atoms with Gasteiger partial charge in [0.15, 0.2) is 5.69 Å². The number of benzene rings is 2. The van der Waals surface area contributed by atoms with Gasteiger partial charge in [0.25, 0.3) is 17.7 Å². The van der Waals surface area contributed by atoms with E-state index in [1.54, 1.807) is 6.07 Å². The first-order chi connectivity index (χ1) is 18.4. The van der Waals surface area contributed by atoms with Crippen LogP contribution in [-0.4, -0.2) is 65.9 Å². The average molecular weight is 543 g/mol. The molecule has 0 unspecified atom stereocenters. The number of hydrogen-bond acceptors (Lipinski definition) is 6. The Morgan fingerprint density at radius 1 is 1.05 bits per heavy atom. The molecule has 0 radical (unpaired) electrons. The van der Waals surface area contributed by atoms with Gasteiger partial charge in [-0.25, -0.2) is 9.37 Å². The molecule has 1 aromatic heterocycles. The van der Waals surface area contributed by atoms with E-state index < -0.39 is 23.5 Å². The fourth-order valence-corrected chi connectivity index (χ4v) is 4.42. The van der Waals surface area contributed by atoms with Crippen LogP contribution in [0.5, 0.6) is 5.75 Å². The molecule has 1 aliphatic heterocycles. The number of ether oxygens (including phenoxy) is 1. The number of H-pyrrole nitrogens is 1. The summed E-state index contributed by atoms with van der Waals surface area (Å²) in [6.07, 6.45) is 4.86. The molecule has 0 spiro atoms. The molecule has 1 saturated heterocycles. The molecule has 1 aliphatic rings. The average Bonchev–Trinajstić information content (AvgIpc) is 3.40. The van der Waals surface area contributed by atoms with Crippen molar-refractivity contribution in [2.24, 2.45) is 0 Å². The van der Waals surface area contributed by atoms with E-state index in [9.17, 15) is 18.8 Å². The molecular formula is C26H28ClFN6O4. The summed E-state index contributed by atoms with van der Waals surface area (Å²) < 4.78 is 18.7. The lowest BCUT2D eigenvalue weighted by Crippen LogP contribution is -2.38. The Bertz CT molecular complexity index is 1320. The number of methoxy groups -OCH3 is 1. The summed E-state index contributed by atoms with van der Waals surface area (Å²) in [6, 6.07) is 8.04. The Morgan fingerprint density at radius 3 is 2.58 bits per heavy atom. The van der Waals surface area contributed by atoms with E-state index in [0.29, 0.717) is 17.9 Å². The first-order valence-electron chi connectivity index (χ1n) is 12.2. The SMILES string of the molecule is COc1cc(NC(=O)c2nc[nH]c2C(=O)NCCN2CCCCC2)ccc1NC(=O)c1ccc(F)cc1Cl. The second kappa shape index (κ2) is 12.5. The molecule has 0 aliphatic carbocycles. The number of likely N-dealkylation sites (tertiary alicyclic amines) is 1. The van der Waals surface area contributed by atoms with Crippen LogP contribution < -0.4 is 20.7 Å². The first-order valence-corrected chi connectivity index (χ1v) is 12.5. The third-order valence-electron chi connectivity index (χ3n) is 6.13. The van der Waals surface area contributed by atoms with Crippen LogP contribution in [0.3, 0.4) is 0 Å². The van der Waals surface area contributed by atoms with Crippen LogP contribution in [0, 0.1) is 5.82 Å². The molecule has 0 saturated carbocycles. The van der Waals surface area contributed by atoms with Gasteiger partial charge in [0, 0.05) is 24.8 Å². The van der Waals surface area contributed by atoms with E-state index in [-0.39, 0.29) is 27.7 Å². The van der Waals surface area contributed by atoms with Crippen molar-refractivity contribution in [1.29, 1.82) is 0 Å². The number of piperidine rings is 1. The maximum atomic E-state index is 13.3. The molecule has 4 rings (SSSR count). The zero-order valence-corrected chi connectivity index (χ0v) is 21.5. The second-order valence-corrected chi connectivity index (χ2v) is 9.14. The van der Waals surface area contributed by atoms with Gasteiger partial charge in [-0.15, -0.1) is 0 Å². The number of halogens is 2. The first kappa shape index (κ1) is 27.1. The van der Waals surface area contributed by atoms with Gasteiger partial charge in [0.1, 0.15) is 17.3 Å². The standard InChI is InChI=1S/C26H28ClFN6O4/c1-38-21-14-17(6-8-20(21)33-24(35)18-7-5-16(28)13-19(18)27)32-26(37)23-22(30-15-31-23)25(36)29-9-12-34-10-3-2-4-11-34/h5-8,13-15H,2-4,9-12H2,1H3,(H,29,36)(H,30,31)(H,32,37)(H,33,35). The molecule has 0 atom stereocenters. The van der Waals surface area contributed by atoms with Crippen LogP contribution in [0.4, 0.5) is 15.8 Å². The summed E-state index contributed by atoms with van der Waals surface area (Å²) in [5.74, 6) is -1.87. The summed E-state index contributed by atoms with van der Waals surface area (Å²) in [6.45, 7) is 3.27. The lowest BCUT2D eigenvalue weighted by atomic mass is 10.1. The number of imidazole rings is 1. The fraction of sp³-hybridized carbons (Fsp3) is 0.308. The zero-order chi connectivity index (χ0) is 27.1. The van der Waals surface area contributed by atoms with Crippen molar-refractivity contribution in [2.75, 3.05) is 43.9 Å². The third kappa shape index (κ3) is 6.67. The number of rotatable bonds is 9. The number of nitrogens with one attached hydrogen (secondary N) is 4. The van der Waals surface area contributed by atoms with Crippen LogP contribution in [0.15, 0.2) is 42.7 Å². The van der Waals surface area contributed by atoms with Crippen molar-refractivity contribution in [2.45, 2.75) is 19.3 Å². The largest absolute Gasteiger partial charge is 0.494 e. The Balaban J connectivity index is 1.38. The van der Waals surface area contributed by atoms with E-state index in [1.165, 1.54) is 50.9 Å². The minimum atomic E-state index is -0.593. The van der Waals surface area contributed by atoms with Crippen molar-refractivity contribution in [3.8, 4) is 5.75 Å². The molecule has 1 fully saturated rings. The molecule has 2 heterocycles. The predicted octanol–water partition coefficient (Wildman–Crippen LogP) is 3.93. The molecule has 2 aromatic carbocycles. The van der Waals surface area contributed by atoms with Crippen LogP contribution in [-0.2, 0) is 0 Å². The number of hydrogen-bond donors (Lipinski definition) is 4. The van der Waals surface area contributed by atoms with E-state index in [4.69, 9.17) is 16.3 Å². The quantitative estimate of drug-likeness (QED) is 0.324. The van der Waals surface area contributed by atoms with Crippen LogP contribution in [0.2, 0.25) is 5.02 Å². The van der Waals surface area contributed by atoms with Crippen LogP contribution in [0.25, 0.3) is 0 Å². The lowest BCUT2D eigenvalue weighted by Gasteiger charge is -2.26. The maximum Gasteiger partial charge on any atom is 0.276 e.